The van der Waals surface area contributed by atoms with Crippen molar-refractivity contribution < 1.29 is 28.6 Å². The molecule has 8 nitrogen and oxygen atoms in total. The van der Waals surface area contributed by atoms with Gasteiger partial charge in [0.2, 0.25) is 5.91 Å². The molecule has 140 valence electrons. The average molecular weight is 370 g/mol. The number of nitrogens with two attached hydrogens (primary N) is 1. The van der Waals surface area contributed by atoms with E-state index in [4.69, 9.17) is 19.9 Å². The number of carbonyl (C=O) groups excluding carboxylic acids is 3. The van der Waals surface area contributed by atoms with Crippen LogP contribution in [0, 0.1) is 0 Å². The van der Waals surface area contributed by atoms with Gasteiger partial charge < -0.3 is 25.3 Å². The number of anilines is 1. The third-order valence-electron chi connectivity index (χ3n) is 3.77. The van der Waals surface area contributed by atoms with Crippen LogP contribution in [-0.4, -0.2) is 37.6 Å². The number of esters is 1. The summed E-state index contributed by atoms with van der Waals surface area (Å²) in [6.07, 6.45) is 0.0111. The number of fused-ring (bicyclic) bond motifs is 1. The number of nitrogens with one attached hydrogen (secondary N) is 1. The summed E-state index contributed by atoms with van der Waals surface area (Å²) >= 11 is 0. The maximum Gasteiger partial charge on any atom is 0.310 e. The number of hydrogen-bond donors (Lipinski definition) is 2. The Balaban J connectivity index is 1.47. The van der Waals surface area contributed by atoms with Gasteiger partial charge in [-0.2, -0.15) is 0 Å². The van der Waals surface area contributed by atoms with Crippen molar-refractivity contribution in [2.75, 3.05) is 25.1 Å². The molecule has 3 N–H and O–H groups in total. The normalized spacial score (nSPS) is 12.1. The first kappa shape index (κ1) is 18.2. The number of carbonyl (C=O) groups is 3. The fourth-order valence-electron chi connectivity index (χ4n) is 2.48. The van der Waals surface area contributed by atoms with Crippen LogP contribution in [0.15, 0.2) is 42.5 Å². The van der Waals surface area contributed by atoms with Gasteiger partial charge in [-0.1, -0.05) is 6.07 Å². The summed E-state index contributed by atoms with van der Waals surface area (Å²) < 4.78 is 15.9. The van der Waals surface area contributed by atoms with Crippen LogP contribution in [0.3, 0.4) is 0 Å². The number of amides is 2. The van der Waals surface area contributed by atoms with Crippen molar-refractivity contribution in [3.8, 4) is 11.5 Å². The van der Waals surface area contributed by atoms with Crippen LogP contribution in [0.25, 0.3) is 0 Å². The molecular weight excluding hydrogens is 352 g/mol. The van der Waals surface area contributed by atoms with Crippen LogP contribution in [0.4, 0.5) is 5.69 Å². The van der Waals surface area contributed by atoms with Gasteiger partial charge in [-0.25, -0.2) is 0 Å². The highest BCUT2D eigenvalue weighted by molar-refractivity contribution is 5.95. The van der Waals surface area contributed by atoms with Gasteiger partial charge in [0.15, 0.2) is 18.1 Å². The first-order valence-electron chi connectivity index (χ1n) is 8.25. The number of primary amides is 1. The highest BCUT2D eigenvalue weighted by atomic mass is 16.6. The molecule has 3 rings (SSSR count). The average Bonchev–Trinajstić information content (AvgIpc) is 2.67. The second-order valence-corrected chi connectivity index (χ2v) is 5.81. The van der Waals surface area contributed by atoms with Gasteiger partial charge in [0.1, 0.15) is 13.2 Å². The quantitative estimate of drug-likeness (QED) is 0.740. The molecule has 8 heteroatoms. The molecule has 2 aromatic rings. The van der Waals surface area contributed by atoms with E-state index in [2.05, 4.69) is 5.32 Å². The van der Waals surface area contributed by atoms with E-state index in [1.165, 1.54) is 24.3 Å². The lowest BCUT2D eigenvalue weighted by Gasteiger charge is -2.18. The third kappa shape index (κ3) is 4.97. The SMILES string of the molecule is NC(=O)c1ccc(NC(=O)COC(=O)Cc2ccc3c(c2)OCCO3)cc1. The van der Waals surface area contributed by atoms with E-state index in [-0.39, 0.29) is 6.42 Å². The molecule has 0 spiro atoms. The summed E-state index contributed by atoms with van der Waals surface area (Å²) in [6.45, 7) is 0.539. The zero-order chi connectivity index (χ0) is 19.2. The number of benzene rings is 2. The minimum atomic E-state index is -0.555. The Bertz CT molecular complexity index is 863. The molecule has 0 saturated carbocycles. The predicted molar refractivity (Wildman–Crippen MR) is 95.7 cm³/mol. The van der Waals surface area contributed by atoms with Gasteiger partial charge in [-0.05, 0) is 42.0 Å². The Morgan fingerprint density at radius 2 is 1.70 bits per heavy atom. The van der Waals surface area contributed by atoms with Crippen molar-refractivity contribution in [3.05, 3.63) is 53.6 Å². The minimum absolute atomic E-state index is 0.0111. The summed E-state index contributed by atoms with van der Waals surface area (Å²) in [7, 11) is 0. The zero-order valence-electron chi connectivity index (χ0n) is 14.4. The number of hydrogen-bond acceptors (Lipinski definition) is 6. The molecule has 0 radical (unpaired) electrons. The van der Waals surface area contributed by atoms with Gasteiger partial charge in [0.25, 0.3) is 5.91 Å². The van der Waals surface area contributed by atoms with Crippen molar-refractivity contribution in [2.24, 2.45) is 5.73 Å². The van der Waals surface area contributed by atoms with Crippen molar-refractivity contribution in [1.29, 1.82) is 0 Å². The first-order valence-corrected chi connectivity index (χ1v) is 8.25. The molecule has 2 aromatic carbocycles. The number of ether oxygens (including phenoxy) is 3. The zero-order valence-corrected chi connectivity index (χ0v) is 14.4. The van der Waals surface area contributed by atoms with Gasteiger partial charge in [-0.3, -0.25) is 14.4 Å². The molecule has 0 atom stereocenters. The molecule has 1 aliphatic heterocycles. The smallest absolute Gasteiger partial charge is 0.310 e. The van der Waals surface area contributed by atoms with E-state index in [0.717, 1.165) is 0 Å². The molecule has 0 aliphatic carbocycles. The van der Waals surface area contributed by atoms with Crippen molar-refractivity contribution >= 4 is 23.5 Å². The lowest BCUT2D eigenvalue weighted by atomic mass is 10.1. The molecule has 0 unspecified atom stereocenters. The molecule has 0 aromatic heterocycles. The Kier molecular flexibility index (Phi) is 5.55. The van der Waals surface area contributed by atoms with Crippen molar-refractivity contribution in [1.82, 2.24) is 0 Å². The lowest BCUT2D eigenvalue weighted by Crippen LogP contribution is -2.22. The van der Waals surface area contributed by atoms with Crippen LogP contribution in [0.1, 0.15) is 15.9 Å². The molecule has 0 bridgehead atoms. The summed E-state index contributed by atoms with van der Waals surface area (Å²) in [5.74, 6) is -0.354. The van der Waals surface area contributed by atoms with Gasteiger partial charge in [-0.15, -0.1) is 0 Å². The Morgan fingerprint density at radius 3 is 2.41 bits per heavy atom. The summed E-state index contributed by atoms with van der Waals surface area (Å²) in [6, 6.07) is 11.3. The van der Waals surface area contributed by atoms with E-state index < -0.39 is 24.4 Å². The summed E-state index contributed by atoms with van der Waals surface area (Å²) in [5.41, 5.74) is 6.65. The number of rotatable bonds is 6. The predicted octanol–water partition coefficient (Wildman–Crippen LogP) is 1.28. The topological polar surface area (TPSA) is 117 Å². The summed E-state index contributed by atoms with van der Waals surface area (Å²) in [5, 5.41) is 2.56. The molecule has 27 heavy (non-hydrogen) atoms. The van der Waals surface area contributed by atoms with Crippen LogP contribution >= 0.6 is 0 Å². The van der Waals surface area contributed by atoms with Gasteiger partial charge in [0, 0.05) is 11.3 Å². The minimum Gasteiger partial charge on any atom is -0.486 e. The molecular formula is C19H18N2O6. The van der Waals surface area contributed by atoms with E-state index in [1.807, 2.05) is 0 Å². The first-order chi connectivity index (χ1) is 13.0. The Morgan fingerprint density at radius 1 is 1.00 bits per heavy atom. The largest absolute Gasteiger partial charge is 0.486 e. The monoisotopic (exact) mass is 370 g/mol. The van der Waals surface area contributed by atoms with Crippen LogP contribution < -0.4 is 20.5 Å². The maximum absolute atomic E-state index is 11.9. The molecule has 1 heterocycles. The second-order valence-electron chi connectivity index (χ2n) is 5.81. The van der Waals surface area contributed by atoms with Crippen LogP contribution in [0.5, 0.6) is 11.5 Å². The molecule has 1 aliphatic rings. The highest BCUT2D eigenvalue weighted by Crippen LogP contribution is 2.30. The fraction of sp³-hybridized carbons (Fsp3) is 0.211. The highest BCUT2D eigenvalue weighted by Gasteiger charge is 2.14. The van der Waals surface area contributed by atoms with Crippen molar-refractivity contribution in [3.63, 3.8) is 0 Å². The van der Waals surface area contributed by atoms with E-state index in [1.54, 1.807) is 18.2 Å². The summed E-state index contributed by atoms with van der Waals surface area (Å²) in [4.78, 5) is 34.8. The third-order valence-corrected chi connectivity index (χ3v) is 3.77. The fourth-order valence-corrected chi connectivity index (χ4v) is 2.48. The van der Waals surface area contributed by atoms with E-state index in [0.29, 0.717) is 41.5 Å². The molecule has 2 amide bonds. The van der Waals surface area contributed by atoms with E-state index >= 15 is 0 Å². The lowest BCUT2D eigenvalue weighted by molar-refractivity contribution is -0.146. The maximum atomic E-state index is 11.9. The Hall–Kier alpha value is -3.55. The standard InChI is InChI=1S/C19H18N2O6/c20-19(24)13-2-4-14(5-3-13)21-17(22)11-27-18(23)10-12-1-6-15-16(9-12)26-8-7-25-15/h1-6,9H,7-8,10-11H2,(H2,20,24)(H,21,22). The van der Waals surface area contributed by atoms with Crippen LogP contribution in [0.2, 0.25) is 0 Å². The molecule has 0 saturated heterocycles. The Labute approximate surface area is 155 Å². The van der Waals surface area contributed by atoms with Gasteiger partial charge >= 0.3 is 5.97 Å². The van der Waals surface area contributed by atoms with Crippen molar-refractivity contribution in [2.45, 2.75) is 6.42 Å². The van der Waals surface area contributed by atoms with Crippen LogP contribution in [-0.2, 0) is 20.7 Å². The molecule has 0 fully saturated rings. The second kappa shape index (κ2) is 8.22. The van der Waals surface area contributed by atoms with E-state index in [9.17, 15) is 14.4 Å². The van der Waals surface area contributed by atoms with Gasteiger partial charge in [0.05, 0.1) is 6.42 Å².